The molecule has 2 rings (SSSR count). The van der Waals surface area contributed by atoms with Crippen molar-refractivity contribution in [3.63, 3.8) is 0 Å². The first-order valence-corrected chi connectivity index (χ1v) is 5.20. The molecule has 0 atom stereocenters. The van der Waals surface area contributed by atoms with Crippen LogP contribution in [-0.2, 0) is 23.1 Å². The normalized spacial score (nSPS) is 15.8. The monoisotopic (exact) mass is 200 g/mol. The lowest BCUT2D eigenvalue weighted by Crippen LogP contribution is -2.16. The number of nitrogens with zero attached hydrogens (tertiary/aromatic N) is 2. The van der Waals surface area contributed by atoms with Gasteiger partial charge in [-0.1, -0.05) is 0 Å². The Balaban J connectivity index is 2.54. The Bertz CT molecular complexity index is 442. The molecule has 6 nitrogen and oxygen atoms in total. The topological polar surface area (TPSA) is 98.0 Å². The standard InChI is InChI=1S/C6H8N4O2S/c7-13(11,12)6-9-2-4-1-8-3-5(4)10-6/h2,8H,1,3H2,(H2,7,11,12). The van der Waals surface area contributed by atoms with E-state index in [1.165, 1.54) is 6.20 Å². The molecule has 3 N–H and O–H groups in total. The van der Waals surface area contributed by atoms with Crippen LogP contribution in [0.4, 0.5) is 0 Å². The molecule has 1 aliphatic heterocycles. The Kier molecular flexibility index (Phi) is 1.79. The summed E-state index contributed by atoms with van der Waals surface area (Å²) in [5.41, 5.74) is 1.63. The van der Waals surface area contributed by atoms with E-state index in [2.05, 4.69) is 15.3 Å². The van der Waals surface area contributed by atoms with Crippen LogP contribution in [-0.4, -0.2) is 18.4 Å². The van der Waals surface area contributed by atoms with Crippen LogP contribution in [0.25, 0.3) is 0 Å². The minimum atomic E-state index is -3.77. The van der Waals surface area contributed by atoms with Crippen LogP contribution >= 0.6 is 0 Å². The minimum Gasteiger partial charge on any atom is -0.307 e. The molecule has 1 aliphatic rings. The average molecular weight is 200 g/mol. The predicted octanol–water partition coefficient (Wildman–Crippen LogP) is -1.27. The van der Waals surface area contributed by atoms with E-state index >= 15 is 0 Å². The van der Waals surface area contributed by atoms with Crippen LogP contribution in [0.3, 0.4) is 0 Å². The first-order chi connectivity index (χ1) is 6.07. The smallest absolute Gasteiger partial charge is 0.273 e. The molecule has 0 saturated heterocycles. The van der Waals surface area contributed by atoms with Crippen molar-refractivity contribution in [2.75, 3.05) is 0 Å². The quantitative estimate of drug-likeness (QED) is 0.551. The van der Waals surface area contributed by atoms with Crippen molar-refractivity contribution in [3.05, 3.63) is 17.5 Å². The zero-order chi connectivity index (χ0) is 9.47. The number of primary sulfonamides is 1. The minimum absolute atomic E-state index is 0.310. The highest BCUT2D eigenvalue weighted by atomic mass is 32.2. The number of fused-ring (bicyclic) bond motifs is 1. The van der Waals surface area contributed by atoms with Gasteiger partial charge < -0.3 is 5.32 Å². The third kappa shape index (κ3) is 1.53. The molecule has 0 saturated carbocycles. The van der Waals surface area contributed by atoms with Crippen LogP contribution < -0.4 is 10.5 Å². The zero-order valence-electron chi connectivity index (χ0n) is 6.69. The number of nitrogens with one attached hydrogen (secondary N) is 1. The molecule has 0 fully saturated rings. The van der Waals surface area contributed by atoms with Gasteiger partial charge in [0.2, 0.25) is 0 Å². The van der Waals surface area contributed by atoms with Crippen molar-refractivity contribution >= 4 is 10.0 Å². The second-order valence-corrected chi connectivity index (χ2v) is 4.23. The highest BCUT2D eigenvalue weighted by Gasteiger charge is 2.17. The largest absolute Gasteiger partial charge is 0.307 e. The van der Waals surface area contributed by atoms with Gasteiger partial charge in [0.25, 0.3) is 15.2 Å². The summed E-state index contributed by atoms with van der Waals surface area (Å²) < 4.78 is 21.7. The van der Waals surface area contributed by atoms with E-state index < -0.39 is 10.0 Å². The lowest BCUT2D eigenvalue weighted by atomic mass is 10.3. The summed E-state index contributed by atoms with van der Waals surface area (Å²) in [6.45, 7) is 1.25. The van der Waals surface area contributed by atoms with E-state index in [9.17, 15) is 8.42 Å². The summed E-state index contributed by atoms with van der Waals surface area (Å²) in [4.78, 5) is 7.50. The molecule has 1 aromatic heterocycles. The van der Waals surface area contributed by atoms with Crippen LogP contribution in [0.1, 0.15) is 11.3 Å². The van der Waals surface area contributed by atoms with E-state index in [0.717, 1.165) is 5.56 Å². The van der Waals surface area contributed by atoms with Gasteiger partial charge in [0.05, 0.1) is 5.69 Å². The number of hydrogen-bond donors (Lipinski definition) is 2. The molecule has 13 heavy (non-hydrogen) atoms. The van der Waals surface area contributed by atoms with Gasteiger partial charge in [0, 0.05) is 24.8 Å². The molecule has 1 aromatic rings. The van der Waals surface area contributed by atoms with Crippen LogP contribution in [0.15, 0.2) is 11.4 Å². The molecular formula is C6H8N4O2S. The molecule has 0 bridgehead atoms. The summed E-state index contributed by atoms with van der Waals surface area (Å²) in [6, 6.07) is 0. The maximum atomic E-state index is 10.9. The number of rotatable bonds is 1. The first-order valence-electron chi connectivity index (χ1n) is 3.66. The molecule has 0 spiro atoms. The van der Waals surface area contributed by atoms with Crippen LogP contribution in [0.2, 0.25) is 0 Å². The zero-order valence-corrected chi connectivity index (χ0v) is 7.50. The van der Waals surface area contributed by atoms with Crippen molar-refractivity contribution in [3.8, 4) is 0 Å². The molecule has 0 aromatic carbocycles. The second-order valence-electron chi connectivity index (χ2n) is 2.77. The molecule has 70 valence electrons. The van der Waals surface area contributed by atoms with Gasteiger partial charge in [-0.3, -0.25) is 0 Å². The third-order valence-corrected chi connectivity index (χ3v) is 2.50. The van der Waals surface area contributed by atoms with E-state index in [0.29, 0.717) is 18.8 Å². The van der Waals surface area contributed by atoms with E-state index in [1.807, 2.05) is 0 Å². The summed E-state index contributed by atoms with van der Waals surface area (Å²) in [6.07, 6.45) is 1.49. The fourth-order valence-electron chi connectivity index (χ4n) is 1.18. The summed E-state index contributed by atoms with van der Waals surface area (Å²) in [5.74, 6) is 0. The SMILES string of the molecule is NS(=O)(=O)c1ncc2c(n1)CNC2. The number of nitrogens with two attached hydrogens (primary N) is 1. The third-order valence-electron chi connectivity index (χ3n) is 1.79. The van der Waals surface area contributed by atoms with E-state index in [-0.39, 0.29) is 5.16 Å². The molecule has 2 heterocycles. The molecule has 0 radical (unpaired) electrons. The summed E-state index contributed by atoms with van der Waals surface area (Å²) >= 11 is 0. The molecule has 7 heteroatoms. The molecular weight excluding hydrogens is 192 g/mol. The number of aromatic nitrogens is 2. The maximum Gasteiger partial charge on any atom is 0.273 e. The lowest BCUT2D eigenvalue weighted by Gasteiger charge is -1.98. The molecule has 0 unspecified atom stereocenters. The summed E-state index contributed by atoms with van der Waals surface area (Å²) in [7, 11) is -3.77. The Hall–Kier alpha value is -1.05. The van der Waals surface area contributed by atoms with Gasteiger partial charge in [-0.05, 0) is 0 Å². The Labute approximate surface area is 75.2 Å². The second kappa shape index (κ2) is 2.72. The van der Waals surface area contributed by atoms with Gasteiger partial charge in [-0.15, -0.1) is 0 Å². The highest BCUT2D eigenvalue weighted by molar-refractivity contribution is 7.89. The fourth-order valence-corrected chi connectivity index (χ4v) is 1.61. The van der Waals surface area contributed by atoms with Gasteiger partial charge in [-0.2, -0.15) is 0 Å². The maximum absolute atomic E-state index is 10.9. The first kappa shape index (κ1) is 8.54. The molecule has 0 aliphatic carbocycles. The van der Waals surface area contributed by atoms with Gasteiger partial charge in [0.15, 0.2) is 0 Å². The Morgan fingerprint density at radius 3 is 2.92 bits per heavy atom. The Morgan fingerprint density at radius 2 is 2.23 bits per heavy atom. The summed E-state index contributed by atoms with van der Waals surface area (Å²) in [5, 5.41) is 7.60. The van der Waals surface area contributed by atoms with Crippen LogP contribution in [0.5, 0.6) is 0 Å². The van der Waals surface area contributed by atoms with Crippen molar-refractivity contribution in [1.82, 2.24) is 15.3 Å². The average Bonchev–Trinajstić information content (AvgIpc) is 2.47. The van der Waals surface area contributed by atoms with Gasteiger partial charge in [0.1, 0.15) is 0 Å². The van der Waals surface area contributed by atoms with Gasteiger partial charge in [-0.25, -0.2) is 23.5 Å². The fraction of sp³-hybridized carbons (Fsp3) is 0.333. The molecule has 0 amide bonds. The lowest BCUT2D eigenvalue weighted by molar-refractivity contribution is 0.587. The van der Waals surface area contributed by atoms with E-state index in [4.69, 9.17) is 5.14 Å². The predicted molar refractivity (Wildman–Crippen MR) is 43.9 cm³/mol. The highest BCUT2D eigenvalue weighted by Crippen LogP contribution is 2.12. The van der Waals surface area contributed by atoms with Gasteiger partial charge >= 0.3 is 0 Å². The number of sulfonamides is 1. The Morgan fingerprint density at radius 1 is 1.46 bits per heavy atom. The number of hydrogen-bond acceptors (Lipinski definition) is 5. The van der Waals surface area contributed by atoms with Crippen molar-refractivity contribution in [2.24, 2.45) is 5.14 Å². The van der Waals surface area contributed by atoms with Crippen molar-refractivity contribution in [2.45, 2.75) is 18.2 Å². The van der Waals surface area contributed by atoms with Crippen LogP contribution in [0, 0.1) is 0 Å². The van der Waals surface area contributed by atoms with Crippen molar-refractivity contribution in [1.29, 1.82) is 0 Å². The van der Waals surface area contributed by atoms with E-state index in [1.54, 1.807) is 0 Å². The van der Waals surface area contributed by atoms with Crippen molar-refractivity contribution < 1.29 is 8.42 Å².